The molecule has 0 bridgehead atoms. The molecular weight excluding hydrogens is 394 g/mol. The third-order valence-corrected chi connectivity index (χ3v) is 6.06. The minimum absolute atomic E-state index is 0.0167. The Morgan fingerprint density at radius 2 is 1.79 bits per heavy atom. The van der Waals surface area contributed by atoms with Crippen LogP contribution in [0.4, 0.5) is 11.4 Å². The SMILES string of the molecule is CCCS(=O)(=O)Nc1cccc(NC(=O)C(=O)N[C@H]2c3ccccc3C[C@@H]2O)c1. The third kappa shape index (κ3) is 5.12. The average Bonchev–Trinajstić information content (AvgIpc) is 2.97. The summed E-state index contributed by atoms with van der Waals surface area (Å²) in [5.74, 6) is -1.81. The van der Waals surface area contributed by atoms with Gasteiger partial charge in [-0.3, -0.25) is 14.3 Å². The Bertz CT molecular complexity index is 1020. The molecule has 0 radical (unpaired) electrons. The van der Waals surface area contributed by atoms with Crippen molar-refractivity contribution in [3.05, 3.63) is 59.7 Å². The van der Waals surface area contributed by atoms with Crippen LogP contribution in [0.2, 0.25) is 0 Å². The number of hydrogen-bond donors (Lipinski definition) is 4. The lowest BCUT2D eigenvalue weighted by Crippen LogP contribution is -2.40. The van der Waals surface area contributed by atoms with Crippen LogP contribution in [0.3, 0.4) is 0 Å². The highest BCUT2D eigenvalue weighted by Crippen LogP contribution is 2.31. The van der Waals surface area contributed by atoms with Gasteiger partial charge in [0.25, 0.3) is 0 Å². The van der Waals surface area contributed by atoms with E-state index in [9.17, 15) is 23.1 Å². The standard InChI is InChI=1S/C20H23N3O5S/c1-2-10-29(27,28)23-15-8-5-7-14(12-15)21-19(25)20(26)22-18-16-9-4-3-6-13(16)11-17(18)24/h3-9,12,17-18,23-24H,2,10-11H2,1H3,(H,21,25)(H,22,26)/t17-,18-/m0/s1. The van der Waals surface area contributed by atoms with E-state index in [1.54, 1.807) is 37.3 Å². The van der Waals surface area contributed by atoms with Crippen LogP contribution >= 0.6 is 0 Å². The van der Waals surface area contributed by atoms with Crippen molar-refractivity contribution in [2.45, 2.75) is 31.9 Å². The van der Waals surface area contributed by atoms with Crippen LogP contribution in [0.15, 0.2) is 48.5 Å². The second-order valence-corrected chi connectivity index (χ2v) is 8.72. The molecule has 0 saturated heterocycles. The van der Waals surface area contributed by atoms with Gasteiger partial charge in [-0.05, 0) is 35.7 Å². The number of nitrogens with one attached hydrogen (secondary N) is 3. The van der Waals surface area contributed by atoms with Gasteiger partial charge < -0.3 is 15.7 Å². The molecule has 154 valence electrons. The number of aliphatic hydroxyl groups excluding tert-OH is 1. The van der Waals surface area contributed by atoms with Gasteiger partial charge in [-0.15, -0.1) is 0 Å². The molecule has 0 fully saturated rings. The van der Waals surface area contributed by atoms with E-state index in [0.717, 1.165) is 11.1 Å². The molecule has 2 aromatic rings. The average molecular weight is 417 g/mol. The number of benzene rings is 2. The summed E-state index contributed by atoms with van der Waals surface area (Å²) in [6, 6.07) is 12.8. The Labute approximate surface area is 169 Å². The van der Waals surface area contributed by atoms with Gasteiger partial charge in [-0.2, -0.15) is 0 Å². The maximum Gasteiger partial charge on any atom is 0.313 e. The molecule has 0 saturated carbocycles. The number of carbonyl (C=O) groups is 2. The molecule has 0 spiro atoms. The Hall–Kier alpha value is -2.91. The van der Waals surface area contributed by atoms with Gasteiger partial charge in [0.2, 0.25) is 10.0 Å². The van der Waals surface area contributed by atoms with E-state index in [4.69, 9.17) is 0 Å². The van der Waals surface area contributed by atoms with Crippen LogP contribution in [0.25, 0.3) is 0 Å². The summed E-state index contributed by atoms with van der Waals surface area (Å²) in [6.07, 6.45) is 0.0746. The number of sulfonamides is 1. The molecule has 2 aromatic carbocycles. The first kappa shape index (κ1) is 20.8. The molecule has 29 heavy (non-hydrogen) atoms. The summed E-state index contributed by atoms with van der Waals surface area (Å²) in [7, 11) is -3.47. The Kier molecular flexibility index (Phi) is 6.19. The lowest BCUT2D eigenvalue weighted by Gasteiger charge is -2.17. The minimum Gasteiger partial charge on any atom is -0.390 e. The van der Waals surface area contributed by atoms with Gasteiger partial charge in [0.05, 0.1) is 23.6 Å². The molecule has 0 heterocycles. The van der Waals surface area contributed by atoms with Crippen LogP contribution < -0.4 is 15.4 Å². The maximum atomic E-state index is 12.3. The Balaban J connectivity index is 1.65. The van der Waals surface area contributed by atoms with Crippen molar-refractivity contribution in [3.8, 4) is 0 Å². The molecule has 1 aliphatic rings. The smallest absolute Gasteiger partial charge is 0.313 e. The lowest BCUT2D eigenvalue weighted by atomic mass is 10.1. The summed E-state index contributed by atoms with van der Waals surface area (Å²) in [6.45, 7) is 1.76. The largest absolute Gasteiger partial charge is 0.390 e. The zero-order valence-electron chi connectivity index (χ0n) is 15.9. The molecule has 0 aliphatic heterocycles. The molecule has 3 rings (SSSR count). The molecule has 0 aromatic heterocycles. The van der Waals surface area contributed by atoms with Crippen LogP contribution in [0.1, 0.15) is 30.5 Å². The summed E-state index contributed by atoms with van der Waals surface area (Å²) >= 11 is 0. The van der Waals surface area contributed by atoms with Crippen molar-refractivity contribution < 1.29 is 23.1 Å². The number of hydrogen-bond acceptors (Lipinski definition) is 5. The van der Waals surface area contributed by atoms with Gasteiger partial charge in [0.1, 0.15) is 0 Å². The number of amides is 2. The Morgan fingerprint density at radius 3 is 2.55 bits per heavy atom. The van der Waals surface area contributed by atoms with E-state index in [0.29, 0.717) is 12.8 Å². The van der Waals surface area contributed by atoms with E-state index < -0.39 is 34.0 Å². The molecule has 2 atom stereocenters. The van der Waals surface area contributed by atoms with Crippen molar-refractivity contribution in [1.29, 1.82) is 0 Å². The first-order valence-electron chi connectivity index (χ1n) is 9.27. The lowest BCUT2D eigenvalue weighted by molar-refractivity contribution is -0.137. The Morgan fingerprint density at radius 1 is 1.07 bits per heavy atom. The summed E-state index contributed by atoms with van der Waals surface area (Å²) in [5.41, 5.74) is 2.28. The van der Waals surface area contributed by atoms with E-state index in [2.05, 4.69) is 15.4 Å². The first-order chi connectivity index (χ1) is 13.8. The van der Waals surface area contributed by atoms with Gasteiger partial charge in [0, 0.05) is 12.1 Å². The molecular formula is C20H23N3O5S. The zero-order chi connectivity index (χ0) is 21.0. The minimum atomic E-state index is -3.47. The van der Waals surface area contributed by atoms with Crippen LogP contribution in [-0.4, -0.2) is 37.2 Å². The number of fused-ring (bicyclic) bond motifs is 1. The van der Waals surface area contributed by atoms with Crippen LogP contribution in [0.5, 0.6) is 0 Å². The molecule has 8 nitrogen and oxygen atoms in total. The summed E-state index contributed by atoms with van der Waals surface area (Å²) < 4.78 is 26.2. The van der Waals surface area contributed by atoms with E-state index >= 15 is 0 Å². The highest BCUT2D eigenvalue weighted by Gasteiger charge is 2.33. The fourth-order valence-electron chi connectivity index (χ4n) is 3.30. The number of anilines is 2. The normalized spacial score (nSPS) is 18.0. The highest BCUT2D eigenvalue weighted by atomic mass is 32.2. The highest BCUT2D eigenvalue weighted by molar-refractivity contribution is 7.92. The summed E-state index contributed by atoms with van der Waals surface area (Å²) in [5, 5.41) is 15.2. The molecule has 4 N–H and O–H groups in total. The summed E-state index contributed by atoms with van der Waals surface area (Å²) in [4.78, 5) is 24.6. The van der Waals surface area contributed by atoms with E-state index in [-0.39, 0.29) is 17.1 Å². The van der Waals surface area contributed by atoms with Crippen LogP contribution in [0, 0.1) is 0 Å². The second-order valence-electron chi connectivity index (χ2n) is 6.88. The third-order valence-electron chi connectivity index (χ3n) is 4.56. The fourth-order valence-corrected chi connectivity index (χ4v) is 4.43. The van der Waals surface area contributed by atoms with Crippen molar-refractivity contribution >= 4 is 33.2 Å². The number of rotatable bonds is 6. The second kappa shape index (κ2) is 8.62. The van der Waals surface area contributed by atoms with Crippen molar-refractivity contribution in [2.75, 3.05) is 15.8 Å². The molecule has 1 aliphatic carbocycles. The maximum absolute atomic E-state index is 12.3. The molecule has 2 amide bonds. The first-order valence-corrected chi connectivity index (χ1v) is 10.9. The quantitative estimate of drug-likeness (QED) is 0.531. The number of aliphatic hydroxyl groups is 1. The van der Waals surface area contributed by atoms with Crippen LogP contribution in [-0.2, 0) is 26.0 Å². The predicted octanol–water partition coefficient (Wildman–Crippen LogP) is 1.55. The predicted molar refractivity (Wildman–Crippen MR) is 110 cm³/mol. The zero-order valence-corrected chi connectivity index (χ0v) is 16.7. The van der Waals surface area contributed by atoms with Crippen molar-refractivity contribution in [2.24, 2.45) is 0 Å². The number of carbonyl (C=O) groups excluding carboxylic acids is 2. The molecule has 0 unspecified atom stereocenters. The fraction of sp³-hybridized carbons (Fsp3) is 0.300. The van der Waals surface area contributed by atoms with Gasteiger partial charge >= 0.3 is 11.8 Å². The van der Waals surface area contributed by atoms with E-state index in [1.165, 1.54) is 6.07 Å². The van der Waals surface area contributed by atoms with Gasteiger partial charge in [-0.25, -0.2) is 8.42 Å². The topological polar surface area (TPSA) is 125 Å². The van der Waals surface area contributed by atoms with Gasteiger partial charge in [0.15, 0.2) is 0 Å². The van der Waals surface area contributed by atoms with Crippen molar-refractivity contribution in [3.63, 3.8) is 0 Å². The molecule has 9 heteroatoms. The monoisotopic (exact) mass is 417 g/mol. The van der Waals surface area contributed by atoms with E-state index in [1.807, 2.05) is 12.1 Å². The van der Waals surface area contributed by atoms with Crippen molar-refractivity contribution in [1.82, 2.24) is 5.32 Å². The van der Waals surface area contributed by atoms with Gasteiger partial charge in [-0.1, -0.05) is 37.3 Å².